The molecule has 0 aromatic carbocycles. The van der Waals surface area contributed by atoms with E-state index in [-0.39, 0.29) is 0 Å². The van der Waals surface area contributed by atoms with E-state index < -0.39 is 6.22 Å². The minimum absolute atomic E-state index is 0. The summed E-state index contributed by atoms with van der Waals surface area (Å²) >= 11 is 0. The third-order valence-corrected chi connectivity index (χ3v) is 0. The molecule has 0 amide bonds. The van der Waals surface area contributed by atoms with Crippen molar-refractivity contribution in [1.82, 2.24) is 0 Å². The first-order chi connectivity index (χ1) is 1.73. The fraction of sp³-hybridized carbons (Fsp3) is 0. The molecule has 0 saturated heterocycles. The van der Waals surface area contributed by atoms with Crippen molar-refractivity contribution in [2.45, 2.75) is 0 Å². The fourth-order valence-corrected chi connectivity index (χ4v) is 0. The molecule has 0 spiro atoms. The van der Waals surface area contributed by atoms with Crippen LogP contribution in [-0.4, -0.2) is 11.3 Å². The molecule has 0 aliphatic heterocycles. The summed E-state index contributed by atoms with van der Waals surface area (Å²) in [5.74, 6) is 0. The van der Waals surface area contributed by atoms with E-state index in [1.807, 2.05) is 0 Å². The monoisotopic (exact) mass is 331 g/mol. The summed E-state index contributed by atoms with van der Waals surface area (Å²) in [5, 5.41) is 6.75. The Morgan fingerprint density at radius 1 is 1.80 bits per heavy atom. The molecule has 0 aromatic rings. The average molecular weight is 331 g/mol. The summed E-state index contributed by atoms with van der Waals surface area (Å²) in [7, 11) is 0. The SMILES string of the molecule is O=C(O)F.[Rf]. The van der Waals surface area contributed by atoms with Gasteiger partial charge in [-0.2, -0.15) is 0 Å². The van der Waals surface area contributed by atoms with Crippen molar-refractivity contribution in [3.63, 3.8) is 0 Å². The van der Waals surface area contributed by atoms with E-state index in [1.54, 1.807) is 0 Å². The molecule has 0 aromatic heterocycles. The van der Waals surface area contributed by atoms with Gasteiger partial charge in [0.15, 0.2) is 0 Å². The Bertz CT molecular complexity index is 32.6. The minimum atomic E-state index is -2.33. The number of halogens is 1. The van der Waals surface area contributed by atoms with E-state index in [0.717, 1.165) is 0 Å². The van der Waals surface area contributed by atoms with Crippen LogP contribution in [0.4, 0.5) is 9.18 Å². The van der Waals surface area contributed by atoms with Gasteiger partial charge in [0.05, 0.1) is 0 Å². The second-order valence-electron chi connectivity index (χ2n) is 0.253. The zero-order valence-corrected chi connectivity index (χ0v) is 8.84. The topological polar surface area (TPSA) is 37.3 Å². The molecule has 0 atom stereocenters. The van der Waals surface area contributed by atoms with Crippen molar-refractivity contribution >= 4 is 6.22 Å². The molecule has 0 fully saturated rings. The maximum Gasteiger partial charge on any atom is 0.492 e. The minimum Gasteiger partial charge on any atom is -0.456 e. The first kappa shape index (κ1) is 9.99. The molecular weight excluding hydrogens is 330 g/mol. The Hall–Kier alpha value is -1.60. The normalized spacial score (nSPS) is 5.00. The summed E-state index contributed by atoms with van der Waals surface area (Å²) < 4.78 is 9.92. The number of hydrogen-bond donors (Lipinski definition) is 1. The molecule has 0 aliphatic rings. The van der Waals surface area contributed by atoms with Crippen LogP contribution in [0.25, 0.3) is 0 Å². The van der Waals surface area contributed by atoms with E-state index in [1.165, 1.54) is 0 Å². The second kappa shape index (κ2) is 2.40. The third-order valence-electron chi connectivity index (χ3n) is 0. The first-order valence-electron chi connectivity index (χ1n) is 0.617. The molecular formula is CHFO2Rf. The van der Waals surface area contributed by atoms with Gasteiger partial charge in [0, 0.05) is 0 Å². The molecule has 5 heavy (non-hydrogen) atoms. The van der Waals surface area contributed by atoms with Crippen LogP contribution >= 0.6 is 0 Å². The van der Waals surface area contributed by atoms with Crippen LogP contribution in [0.5, 0.6) is 0 Å². The van der Waals surface area contributed by atoms with E-state index in [2.05, 4.69) is 0 Å². The van der Waals surface area contributed by atoms with Crippen LogP contribution in [-0.2, 0) is 0 Å². The third kappa shape index (κ3) is 0.150. The largest absolute Gasteiger partial charge is 0.492 e. The molecule has 26 valence electrons. The van der Waals surface area contributed by atoms with Crippen LogP contribution in [0.15, 0.2) is 0 Å². The van der Waals surface area contributed by atoms with E-state index in [9.17, 15) is 4.39 Å². The molecule has 0 radical (unpaired) electrons. The molecule has 0 unspecified atom stereocenters. The van der Waals surface area contributed by atoms with Crippen LogP contribution in [0, 0.1) is 0 Å². The van der Waals surface area contributed by atoms with Crippen molar-refractivity contribution in [2.75, 3.05) is 0 Å². The molecule has 0 heterocycles. The Balaban J connectivity index is 0. The summed E-state index contributed by atoms with van der Waals surface area (Å²) in [5.41, 5.74) is 0. The van der Waals surface area contributed by atoms with Gasteiger partial charge in [-0.05, 0) is 0 Å². The fourth-order valence-electron chi connectivity index (χ4n) is 0. The number of rotatable bonds is 0. The zero-order chi connectivity index (χ0) is 3.58. The maximum atomic E-state index is 9.92. The molecule has 0 saturated carbocycles. The summed E-state index contributed by atoms with van der Waals surface area (Å²) in [6, 6.07) is 0. The molecule has 2 nitrogen and oxygen atoms in total. The van der Waals surface area contributed by atoms with Crippen molar-refractivity contribution in [2.24, 2.45) is 0 Å². The molecule has 4 heteroatoms. The van der Waals surface area contributed by atoms with Gasteiger partial charge in [0.25, 0.3) is 0 Å². The molecule has 0 rings (SSSR count). The maximum absolute atomic E-state index is 9.92. The van der Waals surface area contributed by atoms with Gasteiger partial charge in [0.2, 0.25) is 0 Å². The molecule has 0 aliphatic carbocycles. The summed E-state index contributed by atoms with van der Waals surface area (Å²) in [6.07, 6.45) is -2.33. The van der Waals surface area contributed by atoms with E-state index in [0.29, 0.717) is 0 Å². The predicted molar refractivity (Wildman–Crippen MR) is 9.13 cm³/mol. The van der Waals surface area contributed by atoms with Crippen LogP contribution in [0.2, 0.25) is 0 Å². The van der Waals surface area contributed by atoms with Crippen molar-refractivity contribution in [1.29, 1.82) is 0 Å². The Morgan fingerprint density at radius 2 is 1.80 bits per heavy atom. The first-order valence-corrected chi connectivity index (χ1v) is 0.617. The zero-order valence-electron chi connectivity index (χ0n) is 2.44. The van der Waals surface area contributed by atoms with Gasteiger partial charge in [-0.15, -0.1) is 4.39 Å². The quantitative estimate of drug-likeness (QED) is 0.662. The van der Waals surface area contributed by atoms with Crippen molar-refractivity contribution in [3.8, 4) is 0 Å². The summed E-state index contributed by atoms with van der Waals surface area (Å²) in [6.45, 7) is 0. The van der Waals surface area contributed by atoms with Gasteiger partial charge in [-0.1, -0.05) is 0 Å². The van der Waals surface area contributed by atoms with E-state index >= 15 is 0 Å². The van der Waals surface area contributed by atoms with Gasteiger partial charge in [-0.3, -0.25) is 0 Å². The molecule has 1 N–H and O–H groups in total. The van der Waals surface area contributed by atoms with Gasteiger partial charge in [0.1, 0.15) is 0 Å². The smallest absolute Gasteiger partial charge is 0.456 e. The van der Waals surface area contributed by atoms with E-state index in [4.69, 9.17) is 9.90 Å². The van der Waals surface area contributed by atoms with Gasteiger partial charge >= 0.3 is 6.22 Å². The Kier molecular flexibility index (Phi) is 4.80. The number of hydrogen-bond acceptors (Lipinski definition) is 1. The number of carboxylic acid groups (broad SMARTS) is 1. The van der Waals surface area contributed by atoms with Crippen LogP contribution in [0.3, 0.4) is 0 Å². The van der Waals surface area contributed by atoms with Crippen molar-refractivity contribution < 1.29 is 14.3 Å². The average Bonchev–Trinajstić information content (AvgIpc) is 0.811. The Morgan fingerprint density at radius 3 is 1.80 bits per heavy atom. The second-order valence-corrected chi connectivity index (χ2v) is 0.253. The van der Waals surface area contributed by atoms with Crippen molar-refractivity contribution in [3.05, 3.63) is 0 Å². The van der Waals surface area contributed by atoms with Gasteiger partial charge in [-0.25, -0.2) is 4.79 Å². The van der Waals surface area contributed by atoms with Gasteiger partial charge < -0.3 is 5.11 Å². The summed E-state index contributed by atoms with van der Waals surface area (Å²) in [4.78, 5) is 8.33. The van der Waals surface area contributed by atoms with Crippen LogP contribution in [0.1, 0.15) is 0 Å². The Labute approximate surface area is 21.9 Å². The number of carbonyl (C=O) groups is 1. The van der Waals surface area contributed by atoms with Crippen LogP contribution < -0.4 is 0 Å². The predicted octanol–water partition coefficient (Wildman–Crippen LogP) is 0.634. The standard InChI is InChI=1S/CHFO2.Rf/c2-1(3)4;/h(H,3,4);. The molecule has 0 bridgehead atoms.